The van der Waals surface area contributed by atoms with Crippen LogP contribution >= 0.6 is 0 Å². The van der Waals surface area contributed by atoms with Crippen LogP contribution in [0.2, 0.25) is 0 Å². The number of carbonyl (C=O) groups excluding carboxylic acids is 2. The topological polar surface area (TPSA) is 67.9 Å². The van der Waals surface area contributed by atoms with Gasteiger partial charge in [0.25, 0.3) is 11.8 Å². The maximum Gasteiger partial charge on any atom is 0.254 e. The molecule has 2 aromatic carbocycles. The predicted octanol–water partition coefficient (Wildman–Crippen LogP) is 2.25. The molecule has 2 aliphatic rings. The van der Waals surface area contributed by atoms with Gasteiger partial charge in [-0.25, -0.2) is 0 Å². The molecular formula is C22H22N2O4. The first-order valence-corrected chi connectivity index (χ1v) is 9.37. The molecule has 6 heteroatoms. The third kappa shape index (κ3) is 4.07. The van der Waals surface area contributed by atoms with Crippen LogP contribution in [-0.4, -0.2) is 49.6 Å². The number of hydrogen-bond acceptors (Lipinski definition) is 4. The second-order valence-electron chi connectivity index (χ2n) is 6.78. The average molecular weight is 378 g/mol. The van der Waals surface area contributed by atoms with Gasteiger partial charge in [0.15, 0.2) is 0 Å². The Balaban J connectivity index is 1.34. The minimum absolute atomic E-state index is 0.0158. The molecule has 2 aliphatic heterocycles. The summed E-state index contributed by atoms with van der Waals surface area (Å²) in [5, 5.41) is 2.91. The summed E-state index contributed by atoms with van der Waals surface area (Å²) in [4.78, 5) is 26.7. The summed E-state index contributed by atoms with van der Waals surface area (Å²) in [5.41, 5.74) is 3.09. The van der Waals surface area contributed by atoms with Crippen molar-refractivity contribution < 1.29 is 19.1 Å². The molecule has 4 rings (SSSR count). The van der Waals surface area contributed by atoms with Gasteiger partial charge in [0.05, 0.1) is 18.8 Å². The van der Waals surface area contributed by atoms with Crippen LogP contribution in [0.4, 0.5) is 0 Å². The van der Waals surface area contributed by atoms with Crippen LogP contribution in [0.5, 0.6) is 5.75 Å². The molecule has 0 aromatic heterocycles. The molecule has 0 spiro atoms. The van der Waals surface area contributed by atoms with E-state index < -0.39 is 0 Å². The summed E-state index contributed by atoms with van der Waals surface area (Å²) >= 11 is 0. The molecule has 1 N–H and O–H groups in total. The van der Waals surface area contributed by atoms with E-state index in [1.807, 2.05) is 42.5 Å². The molecule has 28 heavy (non-hydrogen) atoms. The van der Waals surface area contributed by atoms with E-state index in [0.717, 1.165) is 16.9 Å². The number of rotatable bonds is 4. The molecule has 0 aliphatic carbocycles. The highest BCUT2D eigenvalue weighted by Gasteiger charge is 2.19. The van der Waals surface area contributed by atoms with E-state index in [-0.39, 0.29) is 18.4 Å². The maximum atomic E-state index is 12.5. The van der Waals surface area contributed by atoms with Crippen molar-refractivity contribution >= 4 is 17.9 Å². The summed E-state index contributed by atoms with van der Waals surface area (Å²) in [7, 11) is 0. The fourth-order valence-corrected chi connectivity index (χ4v) is 3.26. The van der Waals surface area contributed by atoms with E-state index in [9.17, 15) is 9.59 Å². The van der Waals surface area contributed by atoms with Gasteiger partial charge in [-0.3, -0.25) is 9.59 Å². The number of ether oxygens (including phenoxy) is 2. The standard InChI is InChI=1S/C22H22N2O4/c25-21(19-13-18-3-1-2-4-20(18)28-15-19)23-14-16-5-7-17(8-6-16)22(26)24-9-11-27-12-10-24/h1-8,13H,9-12,14-15H2,(H,23,25). The van der Waals surface area contributed by atoms with E-state index >= 15 is 0 Å². The van der Waals surface area contributed by atoms with Crippen molar-refractivity contribution in [3.63, 3.8) is 0 Å². The molecule has 2 heterocycles. The lowest BCUT2D eigenvalue weighted by Crippen LogP contribution is -2.40. The van der Waals surface area contributed by atoms with Crippen LogP contribution in [0.25, 0.3) is 6.08 Å². The summed E-state index contributed by atoms with van der Waals surface area (Å²) in [6, 6.07) is 15.0. The Morgan fingerprint density at radius 2 is 1.75 bits per heavy atom. The molecule has 2 amide bonds. The average Bonchev–Trinajstić information content (AvgIpc) is 2.77. The summed E-state index contributed by atoms with van der Waals surface area (Å²) in [6.07, 6.45) is 1.86. The van der Waals surface area contributed by atoms with Gasteiger partial charge >= 0.3 is 0 Å². The third-order valence-electron chi connectivity index (χ3n) is 4.88. The van der Waals surface area contributed by atoms with E-state index in [1.54, 1.807) is 17.0 Å². The van der Waals surface area contributed by atoms with E-state index in [2.05, 4.69) is 5.32 Å². The number of morpholine rings is 1. The number of carbonyl (C=O) groups is 2. The third-order valence-corrected chi connectivity index (χ3v) is 4.88. The highest BCUT2D eigenvalue weighted by Crippen LogP contribution is 2.25. The zero-order chi connectivity index (χ0) is 19.3. The lowest BCUT2D eigenvalue weighted by atomic mass is 10.1. The molecule has 144 valence electrons. The zero-order valence-electron chi connectivity index (χ0n) is 15.5. The molecule has 0 radical (unpaired) electrons. The largest absolute Gasteiger partial charge is 0.488 e. The molecule has 0 unspecified atom stereocenters. The Kier molecular flexibility index (Phi) is 5.39. The van der Waals surface area contributed by atoms with Gasteiger partial charge in [-0.1, -0.05) is 30.3 Å². The van der Waals surface area contributed by atoms with E-state index in [0.29, 0.717) is 44.0 Å². The molecule has 0 saturated carbocycles. The SMILES string of the molecule is O=C(NCc1ccc(C(=O)N2CCOCC2)cc1)C1=Cc2ccccc2OC1. The van der Waals surface area contributed by atoms with Crippen molar-refractivity contribution in [3.8, 4) is 5.75 Å². The molecule has 6 nitrogen and oxygen atoms in total. The Bertz CT molecular complexity index is 899. The lowest BCUT2D eigenvalue weighted by molar-refractivity contribution is -0.117. The van der Waals surface area contributed by atoms with Crippen molar-refractivity contribution in [3.05, 3.63) is 70.8 Å². The van der Waals surface area contributed by atoms with Crippen molar-refractivity contribution in [2.24, 2.45) is 0 Å². The van der Waals surface area contributed by atoms with Crippen LogP contribution in [0.15, 0.2) is 54.1 Å². The zero-order valence-corrected chi connectivity index (χ0v) is 15.5. The number of benzene rings is 2. The van der Waals surface area contributed by atoms with Crippen molar-refractivity contribution in [1.82, 2.24) is 10.2 Å². The van der Waals surface area contributed by atoms with Gasteiger partial charge in [-0.2, -0.15) is 0 Å². The lowest BCUT2D eigenvalue weighted by Gasteiger charge is -2.26. The van der Waals surface area contributed by atoms with Crippen LogP contribution in [0.3, 0.4) is 0 Å². The first kappa shape index (κ1) is 18.3. The number of fused-ring (bicyclic) bond motifs is 1. The highest BCUT2D eigenvalue weighted by molar-refractivity contribution is 5.99. The van der Waals surface area contributed by atoms with Gasteiger partial charge < -0.3 is 19.7 Å². The molecule has 0 atom stereocenters. The summed E-state index contributed by atoms with van der Waals surface area (Å²) in [6.45, 7) is 3.06. The van der Waals surface area contributed by atoms with Gasteiger partial charge in [0.2, 0.25) is 0 Å². The van der Waals surface area contributed by atoms with E-state index in [1.165, 1.54) is 0 Å². The monoisotopic (exact) mass is 378 g/mol. The highest BCUT2D eigenvalue weighted by atomic mass is 16.5. The second kappa shape index (κ2) is 8.27. The Labute approximate surface area is 163 Å². The fourth-order valence-electron chi connectivity index (χ4n) is 3.26. The van der Waals surface area contributed by atoms with Gasteiger partial charge in [-0.05, 0) is 29.8 Å². The van der Waals surface area contributed by atoms with Crippen LogP contribution in [0, 0.1) is 0 Å². The predicted molar refractivity (Wildman–Crippen MR) is 105 cm³/mol. The summed E-state index contributed by atoms with van der Waals surface area (Å²) < 4.78 is 10.9. The minimum atomic E-state index is -0.150. The maximum absolute atomic E-state index is 12.5. The Hall–Kier alpha value is -3.12. The minimum Gasteiger partial charge on any atom is -0.488 e. The summed E-state index contributed by atoms with van der Waals surface area (Å²) in [5.74, 6) is 0.657. The molecule has 1 saturated heterocycles. The first-order valence-electron chi connectivity index (χ1n) is 9.37. The Morgan fingerprint density at radius 1 is 1.00 bits per heavy atom. The molecular weight excluding hydrogens is 356 g/mol. The van der Waals surface area contributed by atoms with E-state index in [4.69, 9.17) is 9.47 Å². The van der Waals surface area contributed by atoms with Crippen LogP contribution in [0.1, 0.15) is 21.5 Å². The normalized spacial score (nSPS) is 15.9. The van der Waals surface area contributed by atoms with Crippen molar-refractivity contribution in [1.29, 1.82) is 0 Å². The quantitative estimate of drug-likeness (QED) is 0.886. The molecule has 1 fully saturated rings. The fraction of sp³-hybridized carbons (Fsp3) is 0.273. The van der Waals surface area contributed by atoms with Crippen molar-refractivity contribution in [2.75, 3.05) is 32.9 Å². The van der Waals surface area contributed by atoms with Gasteiger partial charge in [0.1, 0.15) is 12.4 Å². The van der Waals surface area contributed by atoms with Gasteiger partial charge in [0, 0.05) is 30.8 Å². The number of amides is 2. The first-order chi connectivity index (χ1) is 13.7. The smallest absolute Gasteiger partial charge is 0.254 e. The van der Waals surface area contributed by atoms with Crippen LogP contribution in [-0.2, 0) is 16.1 Å². The van der Waals surface area contributed by atoms with Crippen LogP contribution < -0.4 is 10.1 Å². The second-order valence-corrected chi connectivity index (χ2v) is 6.78. The Morgan fingerprint density at radius 3 is 2.54 bits per heavy atom. The van der Waals surface area contributed by atoms with Crippen molar-refractivity contribution in [2.45, 2.75) is 6.54 Å². The number of nitrogens with zero attached hydrogens (tertiary/aromatic N) is 1. The molecule has 0 bridgehead atoms. The number of nitrogens with one attached hydrogen (secondary N) is 1. The number of hydrogen-bond donors (Lipinski definition) is 1. The molecule has 2 aromatic rings. The van der Waals surface area contributed by atoms with Gasteiger partial charge in [-0.15, -0.1) is 0 Å². The number of para-hydroxylation sites is 1.